The Balaban J connectivity index is 2.51. The van der Waals surface area contributed by atoms with Crippen molar-refractivity contribution in [2.75, 3.05) is 6.54 Å². The molecule has 0 spiro atoms. The van der Waals surface area contributed by atoms with Crippen LogP contribution in [0.1, 0.15) is 25.7 Å². The third-order valence-electron chi connectivity index (χ3n) is 3.20. The van der Waals surface area contributed by atoms with Gasteiger partial charge in [-0.15, -0.1) is 0 Å². The third kappa shape index (κ3) is 3.90. The van der Waals surface area contributed by atoms with Gasteiger partial charge in [0.05, 0.1) is 11.8 Å². The van der Waals surface area contributed by atoms with E-state index in [4.69, 9.17) is 10.2 Å². The summed E-state index contributed by atoms with van der Waals surface area (Å²) in [5.41, 5.74) is 0. The largest absolute Gasteiger partial charge is 0.481 e. The van der Waals surface area contributed by atoms with E-state index in [1.165, 1.54) is 0 Å². The zero-order valence-electron chi connectivity index (χ0n) is 9.81. The SMILES string of the molecule is O=C(O)[C@H]1CCCC[C@H]1C(=O)NCC(O)C(F)F. The first-order valence-corrected chi connectivity index (χ1v) is 5.90. The summed E-state index contributed by atoms with van der Waals surface area (Å²) in [5.74, 6) is -3.06. The fourth-order valence-corrected chi connectivity index (χ4v) is 2.17. The van der Waals surface area contributed by atoms with Crippen molar-refractivity contribution >= 4 is 11.9 Å². The van der Waals surface area contributed by atoms with Crippen molar-refractivity contribution in [2.24, 2.45) is 11.8 Å². The summed E-state index contributed by atoms with van der Waals surface area (Å²) in [6, 6.07) is 0. The van der Waals surface area contributed by atoms with Gasteiger partial charge in [0.15, 0.2) is 0 Å². The van der Waals surface area contributed by atoms with E-state index >= 15 is 0 Å². The van der Waals surface area contributed by atoms with E-state index in [0.717, 1.165) is 12.8 Å². The average molecular weight is 265 g/mol. The maximum atomic E-state index is 12.0. The van der Waals surface area contributed by atoms with Gasteiger partial charge in [-0.3, -0.25) is 9.59 Å². The summed E-state index contributed by atoms with van der Waals surface area (Å²) in [7, 11) is 0. The van der Waals surface area contributed by atoms with Crippen molar-refractivity contribution in [2.45, 2.75) is 38.2 Å². The Morgan fingerprint density at radius 1 is 1.22 bits per heavy atom. The van der Waals surface area contributed by atoms with E-state index in [1.54, 1.807) is 0 Å². The van der Waals surface area contributed by atoms with Crippen molar-refractivity contribution in [3.05, 3.63) is 0 Å². The molecule has 0 aromatic carbocycles. The molecule has 1 aliphatic rings. The van der Waals surface area contributed by atoms with Crippen LogP contribution < -0.4 is 5.32 Å². The monoisotopic (exact) mass is 265 g/mol. The highest BCUT2D eigenvalue weighted by molar-refractivity contribution is 5.84. The quantitative estimate of drug-likeness (QED) is 0.680. The molecule has 0 bridgehead atoms. The zero-order valence-corrected chi connectivity index (χ0v) is 9.81. The number of hydrogen-bond donors (Lipinski definition) is 3. The highest BCUT2D eigenvalue weighted by Crippen LogP contribution is 2.30. The second-order valence-corrected chi connectivity index (χ2v) is 4.48. The molecule has 0 saturated heterocycles. The van der Waals surface area contributed by atoms with E-state index in [1.807, 2.05) is 0 Å². The number of amides is 1. The lowest BCUT2D eigenvalue weighted by molar-refractivity contribution is -0.149. The lowest BCUT2D eigenvalue weighted by atomic mass is 9.78. The van der Waals surface area contributed by atoms with Gasteiger partial charge in [0.25, 0.3) is 6.43 Å². The van der Waals surface area contributed by atoms with Crippen molar-refractivity contribution in [3.8, 4) is 0 Å². The van der Waals surface area contributed by atoms with Crippen LogP contribution in [0, 0.1) is 11.8 Å². The Hall–Kier alpha value is -1.24. The van der Waals surface area contributed by atoms with Gasteiger partial charge in [-0.2, -0.15) is 0 Å². The van der Waals surface area contributed by atoms with Gasteiger partial charge in [0, 0.05) is 6.54 Å². The highest BCUT2D eigenvalue weighted by Gasteiger charge is 2.35. The molecule has 0 aliphatic heterocycles. The standard InChI is InChI=1S/C11H17F2NO4/c12-9(13)8(15)5-14-10(16)6-3-1-2-4-7(6)11(17)18/h6-9,15H,1-5H2,(H,14,16)(H,17,18)/t6-,7+,8?/m1/s1. The number of alkyl halides is 2. The van der Waals surface area contributed by atoms with Crippen LogP contribution in [0.3, 0.4) is 0 Å². The summed E-state index contributed by atoms with van der Waals surface area (Å²) in [6.07, 6.45) is -2.48. The molecule has 0 heterocycles. The summed E-state index contributed by atoms with van der Waals surface area (Å²) in [5, 5.41) is 20.0. The van der Waals surface area contributed by atoms with Crippen LogP contribution in [0.4, 0.5) is 8.78 Å². The molecule has 18 heavy (non-hydrogen) atoms. The van der Waals surface area contributed by atoms with Gasteiger partial charge >= 0.3 is 5.97 Å². The summed E-state index contributed by atoms with van der Waals surface area (Å²) in [6.45, 7) is -0.556. The Kier molecular flexibility index (Phi) is 5.46. The van der Waals surface area contributed by atoms with E-state index < -0.39 is 42.8 Å². The maximum Gasteiger partial charge on any atom is 0.307 e. The lowest BCUT2D eigenvalue weighted by Crippen LogP contribution is -2.43. The molecule has 3 atom stereocenters. The number of nitrogens with one attached hydrogen (secondary N) is 1. The fraction of sp³-hybridized carbons (Fsp3) is 0.818. The number of carboxylic acid groups (broad SMARTS) is 1. The number of carboxylic acids is 1. The van der Waals surface area contributed by atoms with Crippen LogP contribution in [-0.2, 0) is 9.59 Å². The number of rotatable bonds is 5. The molecule has 104 valence electrons. The lowest BCUT2D eigenvalue weighted by Gasteiger charge is -2.27. The number of aliphatic carboxylic acids is 1. The zero-order chi connectivity index (χ0) is 13.7. The molecule has 0 aromatic heterocycles. The van der Waals surface area contributed by atoms with Crippen LogP contribution in [0.2, 0.25) is 0 Å². The first kappa shape index (κ1) is 14.8. The molecule has 1 saturated carbocycles. The first-order valence-electron chi connectivity index (χ1n) is 5.90. The predicted molar refractivity (Wildman–Crippen MR) is 58.1 cm³/mol. The van der Waals surface area contributed by atoms with Crippen molar-refractivity contribution in [1.29, 1.82) is 0 Å². The van der Waals surface area contributed by atoms with Crippen LogP contribution in [0.25, 0.3) is 0 Å². The van der Waals surface area contributed by atoms with Crippen molar-refractivity contribution in [3.63, 3.8) is 0 Å². The number of halogens is 2. The molecule has 7 heteroatoms. The van der Waals surface area contributed by atoms with Gasteiger partial charge in [-0.05, 0) is 12.8 Å². The number of aliphatic hydroxyl groups is 1. The van der Waals surface area contributed by atoms with Crippen LogP contribution >= 0.6 is 0 Å². The van der Waals surface area contributed by atoms with Gasteiger partial charge < -0.3 is 15.5 Å². The minimum atomic E-state index is -2.92. The Bertz CT molecular complexity index is 311. The van der Waals surface area contributed by atoms with Crippen LogP contribution in [-0.4, -0.2) is 41.2 Å². The first-order chi connectivity index (χ1) is 8.43. The molecule has 1 fully saturated rings. The molecule has 0 aromatic rings. The van der Waals surface area contributed by atoms with Gasteiger partial charge in [-0.25, -0.2) is 8.78 Å². The molecule has 5 nitrogen and oxygen atoms in total. The number of hydrogen-bond acceptors (Lipinski definition) is 3. The van der Waals surface area contributed by atoms with Crippen LogP contribution in [0.5, 0.6) is 0 Å². The van der Waals surface area contributed by atoms with E-state index in [0.29, 0.717) is 12.8 Å². The topological polar surface area (TPSA) is 86.6 Å². The molecule has 1 aliphatic carbocycles. The Morgan fingerprint density at radius 2 is 1.78 bits per heavy atom. The Labute approximate surface area is 103 Å². The molecular formula is C11H17F2NO4. The summed E-state index contributed by atoms with van der Waals surface area (Å²) in [4.78, 5) is 22.7. The van der Waals surface area contributed by atoms with Crippen molar-refractivity contribution in [1.82, 2.24) is 5.32 Å². The molecule has 0 radical (unpaired) electrons. The van der Waals surface area contributed by atoms with Gasteiger partial charge in [0.1, 0.15) is 6.10 Å². The minimum absolute atomic E-state index is 0.421. The van der Waals surface area contributed by atoms with Gasteiger partial charge in [-0.1, -0.05) is 12.8 Å². The summed E-state index contributed by atoms with van der Waals surface area (Å²) < 4.78 is 24.1. The van der Waals surface area contributed by atoms with Gasteiger partial charge in [0.2, 0.25) is 5.91 Å². The third-order valence-corrected chi connectivity index (χ3v) is 3.20. The second kappa shape index (κ2) is 6.63. The van der Waals surface area contributed by atoms with Crippen LogP contribution in [0.15, 0.2) is 0 Å². The van der Waals surface area contributed by atoms with E-state index in [-0.39, 0.29) is 0 Å². The smallest absolute Gasteiger partial charge is 0.307 e. The molecule has 3 N–H and O–H groups in total. The molecule has 1 amide bonds. The Morgan fingerprint density at radius 3 is 2.28 bits per heavy atom. The molecular weight excluding hydrogens is 248 g/mol. The van der Waals surface area contributed by atoms with E-state index in [9.17, 15) is 18.4 Å². The highest BCUT2D eigenvalue weighted by atomic mass is 19.3. The number of carbonyl (C=O) groups is 2. The van der Waals surface area contributed by atoms with Crippen molar-refractivity contribution < 1.29 is 28.6 Å². The molecule has 1 rings (SSSR count). The summed E-state index contributed by atoms with van der Waals surface area (Å²) >= 11 is 0. The fourth-order valence-electron chi connectivity index (χ4n) is 2.17. The molecule has 1 unspecified atom stereocenters. The normalized spacial score (nSPS) is 25.8. The second-order valence-electron chi connectivity index (χ2n) is 4.48. The predicted octanol–water partition coefficient (Wildman–Crippen LogP) is 0.620. The average Bonchev–Trinajstić information content (AvgIpc) is 2.35. The number of aliphatic hydroxyl groups excluding tert-OH is 1. The minimum Gasteiger partial charge on any atom is -0.481 e. The van der Waals surface area contributed by atoms with E-state index in [2.05, 4.69) is 5.32 Å². The maximum absolute atomic E-state index is 12.0. The number of carbonyl (C=O) groups excluding carboxylic acids is 1.